The van der Waals surface area contributed by atoms with Gasteiger partial charge in [0.05, 0.1) is 11.8 Å². The van der Waals surface area contributed by atoms with Gasteiger partial charge >= 0.3 is 5.97 Å². The topological polar surface area (TPSA) is 88.0 Å². The molecular formula is C28H21BrN2O4. The van der Waals surface area contributed by atoms with Crippen molar-refractivity contribution in [1.29, 1.82) is 0 Å². The lowest BCUT2D eigenvalue weighted by molar-refractivity contribution is -0.136. The molecule has 0 saturated heterocycles. The van der Waals surface area contributed by atoms with E-state index < -0.39 is 17.5 Å². The largest absolute Gasteiger partial charge is 0.423 e. The summed E-state index contributed by atoms with van der Waals surface area (Å²) in [5.74, 6) is -0.872. The minimum absolute atomic E-state index is 0.329. The van der Waals surface area contributed by atoms with E-state index >= 15 is 0 Å². The number of rotatable bonds is 7. The van der Waals surface area contributed by atoms with Crippen molar-refractivity contribution in [2.45, 2.75) is 5.60 Å². The van der Waals surface area contributed by atoms with E-state index in [9.17, 15) is 14.7 Å². The van der Waals surface area contributed by atoms with Gasteiger partial charge in [-0.2, -0.15) is 5.10 Å². The normalized spacial score (nSPS) is 11.3. The second-order valence-corrected chi connectivity index (χ2v) is 8.53. The van der Waals surface area contributed by atoms with E-state index in [4.69, 9.17) is 4.74 Å². The molecule has 4 aromatic carbocycles. The Morgan fingerprint density at radius 1 is 0.829 bits per heavy atom. The Hall–Kier alpha value is -4.07. The molecular weight excluding hydrogens is 508 g/mol. The molecule has 0 radical (unpaired) electrons. The molecule has 0 saturated carbocycles. The van der Waals surface area contributed by atoms with E-state index in [0.717, 1.165) is 4.47 Å². The van der Waals surface area contributed by atoms with Crippen LogP contribution >= 0.6 is 15.9 Å². The molecule has 0 unspecified atom stereocenters. The van der Waals surface area contributed by atoms with Gasteiger partial charge in [-0.3, -0.25) is 4.79 Å². The predicted octanol–water partition coefficient (Wildman–Crippen LogP) is 5.05. The van der Waals surface area contributed by atoms with Crippen LogP contribution in [-0.2, 0) is 10.4 Å². The maximum absolute atomic E-state index is 13.1. The quantitative estimate of drug-likeness (QED) is 0.152. The van der Waals surface area contributed by atoms with Crippen LogP contribution in [0.5, 0.6) is 5.75 Å². The maximum atomic E-state index is 13.1. The average Bonchev–Trinajstić information content (AvgIpc) is 2.89. The molecule has 1 amide bonds. The summed E-state index contributed by atoms with van der Waals surface area (Å²) in [7, 11) is 0. The molecule has 6 nitrogen and oxygen atoms in total. The van der Waals surface area contributed by atoms with Crippen LogP contribution in [0.3, 0.4) is 0 Å². The van der Waals surface area contributed by atoms with Gasteiger partial charge in [0.2, 0.25) is 0 Å². The molecule has 174 valence electrons. The third kappa shape index (κ3) is 5.71. The number of aliphatic hydroxyl groups is 1. The number of hydrogen-bond acceptors (Lipinski definition) is 5. The highest BCUT2D eigenvalue weighted by Crippen LogP contribution is 2.29. The molecule has 0 aliphatic rings. The van der Waals surface area contributed by atoms with Crippen LogP contribution in [0.4, 0.5) is 0 Å². The lowest BCUT2D eigenvalue weighted by Gasteiger charge is -2.27. The Morgan fingerprint density at radius 2 is 1.46 bits per heavy atom. The third-order valence-corrected chi connectivity index (χ3v) is 5.71. The molecule has 0 aliphatic carbocycles. The number of esters is 1. The maximum Gasteiger partial charge on any atom is 0.343 e. The summed E-state index contributed by atoms with van der Waals surface area (Å²) in [6.45, 7) is 0. The second kappa shape index (κ2) is 10.9. The first-order chi connectivity index (χ1) is 17.0. The number of nitrogens with zero attached hydrogens (tertiary/aromatic N) is 1. The molecule has 0 atom stereocenters. The minimum atomic E-state index is -1.93. The highest BCUT2D eigenvalue weighted by Gasteiger charge is 2.39. The number of nitrogens with one attached hydrogen (secondary N) is 1. The number of carbonyl (C=O) groups excluding carboxylic acids is 2. The van der Waals surface area contributed by atoms with E-state index in [-0.39, 0.29) is 0 Å². The van der Waals surface area contributed by atoms with Gasteiger partial charge in [-0.05, 0) is 47.0 Å². The van der Waals surface area contributed by atoms with Crippen LogP contribution in [0.1, 0.15) is 27.0 Å². The van der Waals surface area contributed by atoms with E-state index in [1.54, 1.807) is 103 Å². The molecule has 0 aromatic heterocycles. The number of carbonyl (C=O) groups is 2. The summed E-state index contributed by atoms with van der Waals surface area (Å²) in [6.07, 6.45) is 1.41. The fourth-order valence-corrected chi connectivity index (χ4v) is 3.87. The average molecular weight is 529 g/mol. The van der Waals surface area contributed by atoms with Crippen LogP contribution in [0.25, 0.3) is 0 Å². The number of hydrazone groups is 1. The molecule has 0 fully saturated rings. The highest BCUT2D eigenvalue weighted by atomic mass is 79.9. The lowest BCUT2D eigenvalue weighted by atomic mass is 9.85. The smallest absolute Gasteiger partial charge is 0.343 e. The monoisotopic (exact) mass is 528 g/mol. The number of amides is 1. The van der Waals surface area contributed by atoms with Gasteiger partial charge in [-0.25, -0.2) is 10.2 Å². The predicted molar refractivity (Wildman–Crippen MR) is 137 cm³/mol. The van der Waals surface area contributed by atoms with Gasteiger partial charge in [0.25, 0.3) is 5.91 Å². The zero-order chi connectivity index (χ0) is 24.7. The Balaban J connectivity index is 1.49. The fourth-order valence-electron chi connectivity index (χ4n) is 3.47. The Morgan fingerprint density at radius 3 is 2.09 bits per heavy atom. The molecule has 35 heavy (non-hydrogen) atoms. The Labute approximate surface area is 211 Å². The van der Waals surface area contributed by atoms with Crippen molar-refractivity contribution in [1.82, 2.24) is 5.43 Å². The first-order valence-electron chi connectivity index (χ1n) is 10.7. The van der Waals surface area contributed by atoms with Crippen molar-refractivity contribution < 1.29 is 19.4 Å². The fraction of sp³-hybridized carbons (Fsp3) is 0.0357. The van der Waals surface area contributed by atoms with Crippen LogP contribution in [0, 0.1) is 0 Å². The van der Waals surface area contributed by atoms with Crippen molar-refractivity contribution in [3.63, 3.8) is 0 Å². The lowest BCUT2D eigenvalue weighted by Crippen LogP contribution is -2.43. The van der Waals surface area contributed by atoms with Gasteiger partial charge in [0, 0.05) is 4.47 Å². The summed E-state index contributed by atoms with van der Waals surface area (Å²) in [5.41, 5.74) is 2.33. The van der Waals surface area contributed by atoms with Crippen molar-refractivity contribution >= 4 is 34.0 Å². The number of hydrogen-bond donors (Lipinski definition) is 2. The van der Waals surface area contributed by atoms with Crippen molar-refractivity contribution in [2.24, 2.45) is 5.10 Å². The summed E-state index contributed by atoms with van der Waals surface area (Å²) in [5, 5.41) is 15.5. The Kier molecular flexibility index (Phi) is 7.50. The first kappa shape index (κ1) is 24.1. The number of halogens is 1. The van der Waals surface area contributed by atoms with Gasteiger partial charge in [-0.1, -0.05) is 94.8 Å². The summed E-state index contributed by atoms with van der Waals surface area (Å²) >= 11 is 3.33. The molecule has 4 aromatic rings. The Bertz CT molecular complexity index is 1320. The number of ether oxygens (including phenoxy) is 1. The van der Waals surface area contributed by atoms with Gasteiger partial charge in [0.1, 0.15) is 5.75 Å². The minimum Gasteiger partial charge on any atom is -0.423 e. The standard InChI is InChI=1S/C28H21BrN2O4/c29-24-15-8-10-21(18-24)26(32)35-25-16-7-9-20(17-25)19-30-31-27(33)28(34,22-11-3-1-4-12-22)23-13-5-2-6-14-23/h1-19,34H,(H,31,33)/b30-19+. The summed E-state index contributed by atoms with van der Waals surface area (Å²) < 4.78 is 6.22. The van der Waals surface area contributed by atoms with Crippen molar-refractivity contribution in [3.8, 4) is 5.75 Å². The molecule has 2 N–H and O–H groups in total. The molecule has 4 rings (SSSR count). The number of benzene rings is 4. The second-order valence-electron chi connectivity index (χ2n) is 7.61. The van der Waals surface area contributed by atoms with Gasteiger partial charge in [0.15, 0.2) is 5.60 Å². The van der Waals surface area contributed by atoms with Crippen LogP contribution < -0.4 is 10.2 Å². The highest BCUT2D eigenvalue weighted by molar-refractivity contribution is 9.10. The summed E-state index contributed by atoms with van der Waals surface area (Å²) in [6, 6.07) is 30.9. The van der Waals surface area contributed by atoms with E-state index in [2.05, 4.69) is 26.5 Å². The zero-order valence-corrected chi connectivity index (χ0v) is 20.1. The third-order valence-electron chi connectivity index (χ3n) is 5.22. The molecule has 7 heteroatoms. The van der Waals surface area contributed by atoms with Gasteiger partial charge in [-0.15, -0.1) is 0 Å². The van der Waals surface area contributed by atoms with E-state index in [0.29, 0.717) is 28.0 Å². The zero-order valence-electron chi connectivity index (χ0n) is 18.5. The van der Waals surface area contributed by atoms with Crippen molar-refractivity contribution in [3.05, 3.63) is 136 Å². The van der Waals surface area contributed by atoms with E-state index in [1.165, 1.54) is 6.21 Å². The van der Waals surface area contributed by atoms with Crippen LogP contribution in [0.15, 0.2) is 119 Å². The van der Waals surface area contributed by atoms with Crippen molar-refractivity contribution in [2.75, 3.05) is 0 Å². The first-order valence-corrected chi connectivity index (χ1v) is 11.5. The summed E-state index contributed by atoms with van der Waals surface area (Å²) in [4.78, 5) is 25.5. The van der Waals surface area contributed by atoms with Crippen LogP contribution in [0.2, 0.25) is 0 Å². The van der Waals surface area contributed by atoms with E-state index in [1.807, 2.05) is 6.07 Å². The van der Waals surface area contributed by atoms with Gasteiger partial charge < -0.3 is 9.84 Å². The molecule has 0 heterocycles. The SMILES string of the molecule is O=C(Oc1cccc(/C=N/NC(=O)C(O)(c2ccccc2)c2ccccc2)c1)c1cccc(Br)c1. The molecule has 0 spiro atoms. The molecule has 0 bridgehead atoms. The molecule has 0 aliphatic heterocycles. The van der Waals surface area contributed by atoms with Crippen LogP contribution in [-0.4, -0.2) is 23.2 Å².